The van der Waals surface area contributed by atoms with Crippen LogP contribution in [0.25, 0.3) is 0 Å². The van der Waals surface area contributed by atoms with E-state index < -0.39 is 0 Å². The second kappa shape index (κ2) is 6.91. The molecular weight excluding hydrogens is 220 g/mol. The molecule has 0 radical (unpaired) electrons. The summed E-state index contributed by atoms with van der Waals surface area (Å²) in [7, 11) is 0. The molecule has 0 bridgehead atoms. The molecule has 0 spiro atoms. The summed E-state index contributed by atoms with van der Waals surface area (Å²) < 4.78 is 0. The molecule has 1 saturated carbocycles. The Morgan fingerprint density at radius 2 is 1.78 bits per heavy atom. The molecule has 1 aliphatic carbocycles. The zero-order valence-electron chi connectivity index (χ0n) is 12.4. The van der Waals surface area contributed by atoms with Crippen molar-refractivity contribution in [1.82, 2.24) is 4.90 Å². The van der Waals surface area contributed by atoms with E-state index in [9.17, 15) is 0 Å². The lowest BCUT2D eigenvalue weighted by atomic mass is 9.84. The van der Waals surface area contributed by atoms with Gasteiger partial charge in [0.2, 0.25) is 0 Å². The van der Waals surface area contributed by atoms with Gasteiger partial charge in [-0.2, -0.15) is 0 Å². The van der Waals surface area contributed by atoms with Gasteiger partial charge in [0.15, 0.2) is 0 Å². The number of likely N-dealkylation sites (tertiary alicyclic amines) is 1. The zero-order chi connectivity index (χ0) is 13.0. The molecule has 1 saturated heterocycles. The molecule has 2 aliphatic rings. The van der Waals surface area contributed by atoms with Crippen LogP contribution in [0.15, 0.2) is 0 Å². The Kier molecular flexibility index (Phi) is 5.50. The molecule has 106 valence electrons. The normalized spacial score (nSPS) is 35.7. The molecular formula is C16H32N2. The first-order valence-corrected chi connectivity index (χ1v) is 8.14. The van der Waals surface area contributed by atoms with Crippen LogP contribution >= 0.6 is 0 Å². The highest BCUT2D eigenvalue weighted by Gasteiger charge is 2.26. The van der Waals surface area contributed by atoms with Crippen molar-refractivity contribution in [3.8, 4) is 0 Å². The van der Waals surface area contributed by atoms with Gasteiger partial charge in [0.1, 0.15) is 0 Å². The summed E-state index contributed by atoms with van der Waals surface area (Å²) in [5, 5.41) is 0. The van der Waals surface area contributed by atoms with Gasteiger partial charge in [0.25, 0.3) is 0 Å². The van der Waals surface area contributed by atoms with Crippen molar-refractivity contribution in [3.05, 3.63) is 0 Å². The molecule has 3 atom stereocenters. The summed E-state index contributed by atoms with van der Waals surface area (Å²) in [6.07, 6.45) is 9.61. The zero-order valence-corrected chi connectivity index (χ0v) is 12.4. The smallest absolute Gasteiger partial charge is 0.00793 e. The second-order valence-electron chi connectivity index (χ2n) is 6.94. The molecule has 1 heterocycles. The highest BCUT2D eigenvalue weighted by Crippen LogP contribution is 2.27. The van der Waals surface area contributed by atoms with Crippen molar-refractivity contribution in [2.24, 2.45) is 23.5 Å². The van der Waals surface area contributed by atoms with Crippen molar-refractivity contribution in [2.45, 2.75) is 64.8 Å². The van der Waals surface area contributed by atoms with Crippen LogP contribution in [0.1, 0.15) is 58.8 Å². The molecule has 2 heteroatoms. The van der Waals surface area contributed by atoms with Crippen molar-refractivity contribution in [2.75, 3.05) is 19.6 Å². The van der Waals surface area contributed by atoms with Crippen LogP contribution in [0.3, 0.4) is 0 Å². The van der Waals surface area contributed by atoms with Crippen molar-refractivity contribution < 1.29 is 0 Å². The van der Waals surface area contributed by atoms with E-state index in [1.54, 1.807) is 0 Å². The Morgan fingerprint density at radius 1 is 1.00 bits per heavy atom. The molecule has 1 aliphatic heterocycles. The van der Waals surface area contributed by atoms with Gasteiger partial charge < -0.3 is 10.6 Å². The van der Waals surface area contributed by atoms with E-state index in [4.69, 9.17) is 5.73 Å². The van der Waals surface area contributed by atoms with Crippen molar-refractivity contribution in [3.63, 3.8) is 0 Å². The minimum atomic E-state index is 0.475. The predicted molar refractivity (Wildman–Crippen MR) is 78.6 cm³/mol. The Morgan fingerprint density at radius 3 is 2.50 bits per heavy atom. The maximum atomic E-state index is 6.28. The number of hydrogen-bond donors (Lipinski definition) is 1. The van der Waals surface area contributed by atoms with E-state index in [1.165, 1.54) is 64.6 Å². The lowest BCUT2D eigenvalue weighted by Crippen LogP contribution is -2.41. The van der Waals surface area contributed by atoms with E-state index in [0.29, 0.717) is 6.04 Å². The average Bonchev–Trinajstić information content (AvgIpc) is 2.58. The molecule has 2 N–H and O–H groups in total. The number of nitrogens with two attached hydrogens (primary N) is 1. The van der Waals surface area contributed by atoms with Crippen LogP contribution in [-0.4, -0.2) is 30.6 Å². The quantitative estimate of drug-likeness (QED) is 0.835. The van der Waals surface area contributed by atoms with Gasteiger partial charge >= 0.3 is 0 Å². The number of hydrogen-bond acceptors (Lipinski definition) is 2. The highest BCUT2D eigenvalue weighted by molar-refractivity contribution is 4.82. The van der Waals surface area contributed by atoms with E-state index in [1.807, 2.05) is 0 Å². The average molecular weight is 252 g/mol. The summed E-state index contributed by atoms with van der Waals surface area (Å²) in [6.45, 7) is 8.67. The van der Waals surface area contributed by atoms with Gasteiger partial charge in [-0.3, -0.25) is 0 Å². The highest BCUT2D eigenvalue weighted by atomic mass is 15.1. The van der Waals surface area contributed by atoms with Gasteiger partial charge in [-0.25, -0.2) is 0 Å². The summed E-state index contributed by atoms with van der Waals surface area (Å²) in [5.41, 5.74) is 6.28. The molecule has 0 aromatic heterocycles. The van der Waals surface area contributed by atoms with Gasteiger partial charge in [0, 0.05) is 12.6 Å². The lowest BCUT2D eigenvalue weighted by Gasteiger charge is -2.33. The first-order chi connectivity index (χ1) is 8.66. The number of rotatable bonds is 3. The van der Waals surface area contributed by atoms with E-state index in [0.717, 1.165) is 17.8 Å². The third-order valence-electron chi connectivity index (χ3n) is 5.27. The maximum Gasteiger partial charge on any atom is 0.00793 e. The van der Waals surface area contributed by atoms with Gasteiger partial charge in [-0.15, -0.1) is 0 Å². The largest absolute Gasteiger partial charge is 0.327 e. The summed E-state index contributed by atoms with van der Waals surface area (Å²) in [4.78, 5) is 2.71. The SMILES string of the molecule is CC(C)C1CCCN(CC2CCCCC2N)CC1. The van der Waals surface area contributed by atoms with Crippen LogP contribution in [0.5, 0.6) is 0 Å². The van der Waals surface area contributed by atoms with Gasteiger partial charge in [-0.1, -0.05) is 26.7 Å². The number of nitrogens with zero attached hydrogens (tertiary/aromatic N) is 1. The predicted octanol–water partition coefficient (Wildman–Crippen LogP) is 3.26. The first-order valence-electron chi connectivity index (χ1n) is 8.14. The van der Waals surface area contributed by atoms with Crippen LogP contribution < -0.4 is 5.73 Å². The van der Waals surface area contributed by atoms with Crippen LogP contribution in [0.2, 0.25) is 0 Å². The Labute approximate surface area is 113 Å². The fourth-order valence-electron chi connectivity index (χ4n) is 3.83. The topological polar surface area (TPSA) is 29.3 Å². The van der Waals surface area contributed by atoms with Gasteiger partial charge in [0.05, 0.1) is 0 Å². The molecule has 0 aromatic carbocycles. The van der Waals surface area contributed by atoms with Crippen molar-refractivity contribution >= 4 is 0 Å². The van der Waals surface area contributed by atoms with Crippen molar-refractivity contribution in [1.29, 1.82) is 0 Å². The maximum absolute atomic E-state index is 6.28. The lowest BCUT2D eigenvalue weighted by molar-refractivity contribution is 0.185. The molecule has 18 heavy (non-hydrogen) atoms. The third kappa shape index (κ3) is 3.96. The summed E-state index contributed by atoms with van der Waals surface area (Å²) in [5.74, 6) is 2.59. The molecule has 0 amide bonds. The van der Waals surface area contributed by atoms with E-state index >= 15 is 0 Å². The third-order valence-corrected chi connectivity index (χ3v) is 5.27. The van der Waals surface area contributed by atoms with E-state index in [-0.39, 0.29) is 0 Å². The summed E-state index contributed by atoms with van der Waals surface area (Å²) >= 11 is 0. The van der Waals surface area contributed by atoms with Gasteiger partial charge in [-0.05, 0) is 62.9 Å². The van der Waals surface area contributed by atoms with E-state index in [2.05, 4.69) is 18.7 Å². The molecule has 3 unspecified atom stereocenters. The Hall–Kier alpha value is -0.0800. The molecule has 2 nitrogen and oxygen atoms in total. The van der Waals surface area contributed by atoms with Crippen LogP contribution in [-0.2, 0) is 0 Å². The minimum Gasteiger partial charge on any atom is -0.327 e. The second-order valence-corrected chi connectivity index (χ2v) is 6.94. The Balaban J connectivity index is 1.79. The molecule has 2 rings (SSSR count). The monoisotopic (exact) mass is 252 g/mol. The fraction of sp³-hybridized carbons (Fsp3) is 1.00. The fourth-order valence-corrected chi connectivity index (χ4v) is 3.83. The van der Waals surface area contributed by atoms with Crippen LogP contribution in [0, 0.1) is 17.8 Å². The standard InChI is InChI=1S/C16H32N2/c1-13(2)14-7-5-10-18(11-9-14)12-15-6-3-4-8-16(15)17/h13-16H,3-12,17H2,1-2H3. The van der Waals surface area contributed by atoms with Crippen LogP contribution in [0.4, 0.5) is 0 Å². The molecule has 0 aromatic rings. The summed E-state index contributed by atoms with van der Waals surface area (Å²) in [6, 6.07) is 0.475. The minimum absolute atomic E-state index is 0.475. The first kappa shape index (κ1) is 14.3. The molecule has 2 fully saturated rings. The Bertz CT molecular complexity index is 239.